The third-order valence-corrected chi connectivity index (χ3v) is 4.59. The molecular weight excluding hydrogens is 284 g/mol. The molecule has 0 saturated carbocycles. The van der Waals surface area contributed by atoms with Crippen molar-refractivity contribution in [1.29, 1.82) is 0 Å². The number of nitrogens with zero attached hydrogens (tertiary/aromatic N) is 2. The van der Waals surface area contributed by atoms with Crippen LogP contribution < -0.4 is 0 Å². The molecule has 0 atom stereocenters. The Balaban J connectivity index is 1.59. The Morgan fingerprint density at radius 3 is 2.09 bits per heavy atom. The van der Waals surface area contributed by atoms with E-state index in [0.29, 0.717) is 6.42 Å². The first-order chi connectivity index (χ1) is 11.3. The Morgan fingerprint density at radius 1 is 0.870 bits per heavy atom. The van der Waals surface area contributed by atoms with E-state index in [1.807, 2.05) is 23.1 Å². The number of likely N-dealkylation sites (N-methyl/N-ethyl adjacent to an activating group) is 1. The van der Waals surface area contributed by atoms with Gasteiger partial charge in [0.1, 0.15) is 0 Å². The van der Waals surface area contributed by atoms with Crippen LogP contribution in [-0.4, -0.2) is 48.4 Å². The van der Waals surface area contributed by atoms with E-state index < -0.39 is 0 Å². The van der Waals surface area contributed by atoms with E-state index in [1.54, 1.807) is 0 Å². The fraction of sp³-hybridized carbons (Fsp3) is 0.350. The summed E-state index contributed by atoms with van der Waals surface area (Å²) in [4.78, 5) is 16.8. The largest absolute Gasteiger partial charge is 0.340 e. The van der Waals surface area contributed by atoms with E-state index >= 15 is 0 Å². The molecule has 3 rings (SSSR count). The van der Waals surface area contributed by atoms with Crippen molar-refractivity contribution in [2.45, 2.75) is 13.3 Å². The summed E-state index contributed by atoms with van der Waals surface area (Å²) in [5, 5.41) is 0. The molecule has 0 spiro atoms. The van der Waals surface area contributed by atoms with Gasteiger partial charge in [0.2, 0.25) is 5.91 Å². The molecule has 2 aromatic carbocycles. The average Bonchev–Trinajstić information content (AvgIpc) is 2.63. The summed E-state index contributed by atoms with van der Waals surface area (Å²) < 4.78 is 0. The summed E-state index contributed by atoms with van der Waals surface area (Å²) in [6, 6.07) is 18.7. The number of piperazine rings is 1. The maximum Gasteiger partial charge on any atom is 0.227 e. The van der Waals surface area contributed by atoms with Crippen LogP contribution in [-0.2, 0) is 11.2 Å². The van der Waals surface area contributed by atoms with Gasteiger partial charge in [0.05, 0.1) is 6.42 Å². The van der Waals surface area contributed by atoms with Crippen molar-refractivity contribution >= 4 is 5.91 Å². The van der Waals surface area contributed by atoms with Crippen LogP contribution in [0.4, 0.5) is 0 Å². The third kappa shape index (κ3) is 3.99. The zero-order chi connectivity index (χ0) is 16.1. The highest BCUT2D eigenvalue weighted by atomic mass is 16.2. The van der Waals surface area contributed by atoms with Crippen LogP contribution >= 0.6 is 0 Å². The minimum Gasteiger partial charge on any atom is -0.340 e. The van der Waals surface area contributed by atoms with Crippen LogP contribution in [0.5, 0.6) is 0 Å². The first-order valence-electron chi connectivity index (χ1n) is 8.41. The van der Waals surface area contributed by atoms with Gasteiger partial charge in [0, 0.05) is 26.2 Å². The highest BCUT2D eigenvalue weighted by molar-refractivity contribution is 5.79. The van der Waals surface area contributed by atoms with Crippen molar-refractivity contribution in [1.82, 2.24) is 9.80 Å². The number of hydrogen-bond donors (Lipinski definition) is 0. The zero-order valence-electron chi connectivity index (χ0n) is 13.7. The Kier molecular flexibility index (Phi) is 5.09. The van der Waals surface area contributed by atoms with Gasteiger partial charge >= 0.3 is 0 Å². The highest BCUT2D eigenvalue weighted by Gasteiger charge is 2.20. The van der Waals surface area contributed by atoms with Gasteiger partial charge in [-0.25, -0.2) is 0 Å². The second-order valence-corrected chi connectivity index (χ2v) is 6.05. The van der Waals surface area contributed by atoms with Gasteiger partial charge in [-0.1, -0.05) is 61.5 Å². The van der Waals surface area contributed by atoms with Crippen molar-refractivity contribution in [2.75, 3.05) is 32.7 Å². The summed E-state index contributed by atoms with van der Waals surface area (Å²) in [6.07, 6.45) is 0.501. The van der Waals surface area contributed by atoms with Gasteiger partial charge in [0.15, 0.2) is 0 Å². The van der Waals surface area contributed by atoms with Gasteiger partial charge in [-0.3, -0.25) is 4.79 Å². The van der Waals surface area contributed by atoms with Crippen LogP contribution in [0.25, 0.3) is 11.1 Å². The lowest BCUT2D eigenvalue weighted by Gasteiger charge is -2.34. The Hall–Kier alpha value is -2.13. The van der Waals surface area contributed by atoms with Gasteiger partial charge in [-0.05, 0) is 23.2 Å². The summed E-state index contributed by atoms with van der Waals surface area (Å²) in [5.41, 5.74) is 3.49. The minimum absolute atomic E-state index is 0.244. The lowest BCUT2D eigenvalue weighted by atomic mass is 10.0. The number of hydrogen-bond acceptors (Lipinski definition) is 2. The van der Waals surface area contributed by atoms with E-state index in [-0.39, 0.29) is 5.91 Å². The Bertz CT molecular complexity index is 628. The van der Waals surface area contributed by atoms with E-state index in [9.17, 15) is 4.79 Å². The molecule has 0 unspecified atom stereocenters. The molecule has 0 aliphatic carbocycles. The number of benzene rings is 2. The van der Waals surface area contributed by atoms with Gasteiger partial charge < -0.3 is 9.80 Å². The summed E-state index contributed by atoms with van der Waals surface area (Å²) >= 11 is 0. The number of carbonyl (C=O) groups excluding carboxylic acids is 1. The summed E-state index contributed by atoms with van der Waals surface area (Å²) in [7, 11) is 0. The van der Waals surface area contributed by atoms with Crippen LogP contribution in [0.2, 0.25) is 0 Å². The van der Waals surface area contributed by atoms with Gasteiger partial charge in [-0.15, -0.1) is 0 Å². The highest BCUT2D eigenvalue weighted by Crippen LogP contribution is 2.19. The molecule has 23 heavy (non-hydrogen) atoms. The lowest BCUT2D eigenvalue weighted by Crippen LogP contribution is -2.48. The van der Waals surface area contributed by atoms with E-state index in [1.165, 1.54) is 11.1 Å². The van der Waals surface area contributed by atoms with Crippen molar-refractivity contribution in [3.8, 4) is 11.1 Å². The standard InChI is InChI=1S/C20H24N2O/c1-2-21-12-14-22(15-13-21)20(23)16-17-8-10-19(11-9-17)18-6-4-3-5-7-18/h3-11H,2,12-16H2,1H3. The topological polar surface area (TPSA) is 23.6 Å². The van der Waals surface area contributed by atoms with Gasteiger partial charge in [0.25, 0.3) is 0 Å². The van der Waals surface area contributed by atoms with Gasteiger partial charge in [-0.2, -0.15) is 0 Å². The molecule has 0 aromatic heterocycles. The van der Waals surface area contributed by atoms with Crippen LogP contribution in [0.15, 0.2) is 54.6 Å². The van der Waals surface area contributed by atoms with Crippen molar-refractivity contribution in [3.63, 3.8) is 0 Å². The van der Waals surface area contributed by atoms with Crippen molar-refractivity contribution in [3.05, 3.63) is 60.2 Å². The molecule has 2 aromatic rings. The molecular formula is C20H24N2O. The fourth-order valence-electron chi connectivity index (χ4n) is 3.05. The quantitative estimate of drug-likeness (QED) is 0.866. The van der Waals surface area contributed by atoms with Crippen LogP contribution in [0.3, 0.4) is 0 Å². The molecule has 0 bridgehead atoms. The summed E-state index contributed by atoms with van der Waals surface area (Å²) in [5.74, 6) is 0.244. The summed E-state index contributed by atoms with van der Waals surface area (Å²) in [6.45, 7) is 6.95. The van der Waals surface area contributed by atoms with Crippen molar-refractivity contribution in [2.24, 2.45) is 0 Å². The van der Waals surface area contributed by atoms with Crippen LogP contribution in [0.1, 0.15) is 12.5 Å². The minimum atomic E-state index is 0.244. The molecule has 1 saturated heterocycles. The molecule has 0 radical (unpaired) electrons. The monoisotopic (exact) mass is 308 g/mol. The molecule has 1 amide bonds. The molecule has 1 fully saturated rings. The molecule has 1 heterocycles. The molecule has 0 N–H and O–H groups in total. The maximum absolute atomic E-state index is 12.4. The van der Waals surface area contributed by atoms with Crippen LogP contribution in [0, 0.1) is 0 Å². The predicted molar refractivity (Wildman–Crippen MR) is 94.3 cm³/mol. The van der Waals surface area contributed by atoms with E-state index in [2.05, 4.69) is 48.2 Å². The molecule has 1 aliphatic heterocycles. The maximum atomic E-state index is 12.4. The molecule has 3 nitrogen and oxygen atoms in total. The lowest BCUT2D eigenvalue weighted by molar-refractivity contribution is -0.132. The zero-order valence-corrected chi connectivity index (χ0v) is 13.7. The van der Waals surface area contributed by atoms with Crippen molar-refractivity contribution < 1.29 is 4.79 Å². The number of carbonyl (C=O) groups is 1. The number of amides is 1. The second kappa shape index (κ2) is 7.42. The molecule has 3 heteroatoms. The predicted octanol–water partition coefficient (Wildman–Crippen LogP) is 3.06. The fourth-order valence-corrected chi connectivity index (χ4v) is 3.05. The SMILES string of the molecule is CCN1CCN(C(=O)Cc2ccc(-c3ccccc3)cc2)CC1. The number of rotatable bonds is 4. The second-order valence-electron chi connectivity index (χ2n) is 6.05. The first-order valence-corrected chi connectivity index (χ1v) is 8.41. The van der Waals surface area contributed by atoms with E-state index in [0.717, 1.165) is 38.3 Å². The average molecular weight is 308 g/mol. The third-order valence-electron chi connectivity index (χ3n) is 4.59. The van der Waals surface area contributed by atoms with E-state index in [4.69, 9.17) is 0 Å². The first kappa shape index (κ1) is 15.8. The normalized spacial score (nSPS) is 15.6. The Morgan fingerprint density at radius 2 is 1.48 bits per heavy atom. The molecule has 1 aliphatic rings. The molecule has 120 valence electrons. The smallest absolute Gasteiger partial charge is 0.227 e. The Labute approximate surface area is 138 Å².